The van der Waals surface area contributed by atoms with Gasteiger partial charge in [-0.05, 0) is 31.5 Å². The summed E-state index contributed by atoms with van der Waals surface area (Å²) in [7, 11) is 3.28. The lowest BCUT2D eigenvalue weighted by molar-refractivity contribution is -0.130. The van der Waals surface area contributed by atoms with Crippen molar-refractivity contribution in [3.05, 3.63) is 34.9 Å². The molecule has 5 heteroatoms. The zero-order valence-electron chi connectivity index (χ0n) is 12.7. The van der Waals surface area contributed by atoms with Crippen molar-refractivity contribution < 1.29 is 14.7 Å². The van der Waals surface area contributed by atoms with E-state index in [1.54, 1.807) is 39.2 Å². The van der Waals surface area contributed by atoms with Crippen LogP contribution in [0.1, 0.15) is 28.4 Å². The molecular weight excluding hydrogens is 268 g/mol. The Morgan fingerprint density at radius 1 is 1.38 bits per heavy atom. The smallest absolute Gasteiger partial charge is 0.252 e. The Morgan fingerprint density at radius 2 is 2.05 bits per heavy atom. The van der Waals surface area contributed by atoms with E-state index in [-0.39, 0.29) is 18.4 Å². The lowest BCUT2D eigenvalue weighted by atomic mass is 10.0. The van der Waals surface area contributed by atoms with Gasteiger partial charge in [0, 0.05) is 25.2 Å². The zero-order valence-corrected chi connectivity index (χ0v) is 12.7. The molecule has 2 amide bonds. The third-order valence-electron chi connectivity index (χ3n) is 2.95. The second-order valence-electron chi connectivity index (χ2n) is 4.92. The predicted octanol–water partition coefficient (Wildman–Crippen LogP) is 0.545. The van der Waals surface area contributed by atoms with Gasteiger partial charge in [0.1, 0.15) is 12.6 Å². The van der Waals surface area contributed by atoms with Gasteiger partial charge in [-0.15, -0.1) is 0 Å². The molecule has 0 saturated carbocycles. The maximum absolute atomic E-state index is 12.2. The van der Waals surface area contributed by atoms with Crippen molar-refractivity contribution in [2.45, 2.75) is 19.9 Å². The zero-order chi connectivity index (χ0) is 16.0. The second-order valence-corrected chi connectivity index (χ2v) is 4.92. The molecule has 0 saturated heterocycles. The number of nitrogens with one attached hydrogen (secondary N) is 1. The van der Waals surface area contributed by atoms with Gasteiger partial charge in [0.05, 0.1) is 0 Å². The molecule has 0 heterocycles. The van der Waals surface area contributed by atoms with E-state index in [0.717, 1.165) is 5.56 Å². The predicted molar refractivity (Wildman–Crippen MR) is 80.8 cm³/mol. The van der Waals surface area contributed by atoms with Crippen LogP contribution in [0.3, 0.4) is 0 Å². The molecule has 0 aliphatic rings. The quantitative estimate of drug-likeness (QED) is 0.798. The second kappa shape index (κ2) is 7.46. The van der Waals surface area contributed by atoms with Gasteiger partial charge in [0.2, 0.25) is 5.91 Å². The molecule has 1 atom stereocenters. The van der Waals surface area contributed by atoms with Crippen LogP contribution in [-0.2, 0) is 4.79 Å². The minimum Gasteiger partial charge on any atom is -0.384 e. The summed E-state index contributed by atoms with van der Waals surface area (Å²) in [6, 6.07) is 4.62. The average Bonchev–Trinajstić information content (AvgIpc) is 2.45. The van der Waals surface area contributed by atoms with Gasteiger partial charge >= 0.3 is 0 Å². The van der Waals surface area contributed by atoms with E-state index in [2.05, 4.69) is 17.2 Å². The number of likely N-dealkylation sites (N-methyl/N-ethyl adjacent to an activating group) is 1. The van der Waals surface area contributed by atoms with Crippen LogP contribution in [0.15, 0.2) is 18.2 Å². The lowest BCUT2D eigenvalue weighted by Gasteiger charge is -2.18. The summed E-state index contributed by atoms with van der Waals surface area (Å²) in [6.45, 7) is 3.23. The number of hydrogen-bond acceptors (Lipinski definition) is 3. The number of benzene rings is 1. The van der Waals surface area contributed by atoms with Crippen LogP contribution in [-0.4, -0.2) is 48.6 Å². The van der Waals surface area contributed by atoms with Crippen molar-refractivity contribution in [1.82, 2.24) is 10.2 Å². The molecule has 1 aromatic rings. The van der Waals surface area contributed by atoms with Crippen LogP contribution in [0.5, 0.6) is 0 Å². The third-order valence-corrected chi connectivity index (χ3v) is 2.95. The van der Waals surface area contributed by atoms with Crippen LogP contribution < -0.4 is 5.32 Å². The highest BCUT2D eigenvalue weighted by Gasteiger charge is 2.19. The van der Waals surface area contributed by atoms with Crippen molar-refractivity contribution in [3.8, 4) is 11.8 Å². The number of aliphatic hydroxyl groups is 1. The molecule has 0 aliphatic carbocycles. The Morgan fingerprint density at radius 3 is 2.62 bits per heavy atom. The highest BCUT2D eigenvalue weighted by Crippen LogP contribution is 2.11. The van der Waals surface area contributed by atoms with Crippen molar-refractivity contribution in [2.24, 2.45) is 0 Å². The molecule has 0 aliphatic heterocycles. The monoisotopic (exact) mass is 288 g/mol. The van der Waals surface area contributed by atoms with E-state index >= 15 is 0 Å². The van der Waals surface area contributed by atoms with Crippen LogP contribution in [0.4, 0.5) is 0 Å². The molecule has 5 nitrogen and oxygen atoms in total. The first-order valence-electron chi connectivity index (χ1n) is 6.59. The SMILES string of the molecule is Cc1ccc(C#CCO)cc1C(=O)NC(C)C(=O)N(C)C. The normalized spacial score (nSPS) is 11.1. The molecule has 0 spiro atoms. The standard InChI is InChI=1S/C16H20N2O3/c1-11-7-8-13(6-5-9-19)10-14(11)15(20)17-12(2)16(21)18(3)4/h7-8,10,12,19H,9H2,1-4H3,(H,17,20). The fourth-order valence-corrected chi connectivity index (χ4v) is 1.81. The topological polar surface area (TPSA) is 69.6 Å². The molecule has 21 heavy (non-hydrogen) atoms. The number of aryl methyl sites for hydroxylation is 1. The summed E-state index contributed by atoms with van der Waals surface area (Å²) in [4.78, 5) is 25.4. The number of aliphatic hydroxyl groups excluding tert-OH is 1. The molecule has 2 N–H and O–H groups in total. The Balaban J connectivity index is 2.94. The maximum Gasteiger partial charge on any atom is 0.252 e. The van der Waals surface area contributed by atoms with Crippen molar-refractivity contribution in [3.63, 3.8) is 0 Å². The molecule has 1 unspecified atom stereocenters. The third kappa shape index (κ3) is 4.62. The fourth-order valence-electron chi connectivity index (χ4n) is 1.81. The van der Waals surface area contributed by atoms with Gasteiger partial charge < -0.3 is 15.3 Å². The van der Waals surface area contributed by atoms with Crippen molar-refractivity contribution >= 4 is 11.8 Å². The number of nitrogens with zero attached hydrogens (tertiary/aromatic N) is 1. The largest absolute Gasteiger partial charge is 0.384 e. The molecule has 0 fully saturated rings. The lowest BCUT2D eigenvalue weighted by Crippen LogP contribution is -2.44. The number of rotatable bonds is 3. The van der Waals surface area contributed by atoms with E-state index in [1.807, 2.05) is 6.92 Å². The van der Waals surface area contributed by atoms with E-state index in [4.69, 9.17) is 5.11 Å². The van der Waals surface area contributed by atoms with E-state index in [1.165, 1.54) is 4.90 Å². The Labute approximate surface area is 125 Å². The Hall–Kier alpha value is -2.32. The first-order valence-corrected chi connectivity index (χ1v) is 6.59. The van der Waals surface area contributed by atoms with Gasteiger partial charge in [0.25, 0.3) is 5.91 Å². The van der Waals surface area contributed by atoms with Crippen LogP contribution >= 0.6 is 0 Å². The first-order chi connectivity index (χ1) is 9.86. The number of hydrogen-bond donors (Lipinski definition) is 2. The molecule has 0 bridgehead atoms. The van der Waals surface area contributed by atoms with Gasteiger partial charge in [0.15, 0.2) is 0 Å². The van der Waals surface area contributed by atoms with Crippen LogP contribution in [0, 0.1) is 18.8 Å². The summed E-state index contributed by atoms with van der Waals surface area (Å²) in [5.41, 5.74) is 1.91. The summed E-state index contributed by atoms with van der Waals surface area (Å²) >= 11 is 0. The summed E-state index contributed by atoms with van der Waals surface area (Å²) in [5.74, 6) is 4.81. The Bertz CT molecular complexity index is 597. The van der Waals surface area contributed by atoms with Crippen LogP contribution in [0.2, 0.25) is 0 Å². The van der Waals surface area contributed by atoms with Gasteiger partial charge in [-0.25, -0.2) is 0 Å². The minimum absolute atomic E-state index is 0.169. The number of amides is 2. The highest BCUT2D eigenvalue weighted by molar-refractivity contribution is 5.98. The molecule has 1 rings (SSSR count). The summed E-state index contributed by atoms with van der Waals surface area (Å²) in [6.07, 6.45) is 0. The maximum atomic E-state index is 12.2. The molecule has 0 radical (unpaired) electrons. The number of carbonyl (C=O) groups is 2. The summed E-state index contributed by atoms with van der Waals surface area (Å²) in [5, 5.41) is 11.4. The molecular formula is C16H20N2O3. The van der Waals surface area contributed by atoms with Gasteiger partial charge in [-0.3, -0.25) is 9.59 Å². The van der Waals surface area contributed by atoms with E-state index in [9.17, 15) is 9.59 Å². The number of carbonyl (C=O) groups excluding carboxylic acids is 2. The van der Waals surface area contributed by atoms with Crippen LogP contribution in [0.25, 0.3) is 0 Å². The van der Waals surface area contributed by atoms with E-state index in [0.29, 0.717) is 11.1 Å². The Kier molecular flexibility index (Phi) is 5.94. The van der Waals surface area contributed by atoms with Crippen molar-refractivity contribution in [2.75, 3.05) is 20.7 Å². The van der Waals surface area contributed by atoms with Crippen molar-refractivity contribution in [1.29, 1.82) is 0 Å². The molecule has 112 valence electrons. The molecule has 0 aromatic heterocycles. The van der Waals surface area contributed by atoms with Gasteiger partial charge in [-0.1, -0.05) is 17.9 Å². The minimum atomic E-state index is -0.598. The van der Waals surface area contributed by atoms with E-state index < -0.39 is 6.04 Å². The highest BCUT2D eigenvalue weighted by atomic mass is 16.2. The summed E-state index contributed by atoms with van der Waals surface area (Å²) < 4.78 is 0. The average molecular weight is 288 g/mol. The fraction of sp³-hybridized carbons (Fsp3) is 0.375. The van der Waals surface area contributed by atoms with Gasteiger partial charge in [-0.2, -0.15) is 0 Å². The first kappa shape index (κ1) is 16.7. The molecule has 1 aromatic carbocycles.